The Morgan fingerprint density at radius 1 is 1.00 bits per heavy atom. The molecule has 1 fully saturated rings. The fraction of sp³-hybridized carbons (Fsp3) is 0.333. The molecular formula is C21H22O7. The zero-order chi connectivity index (χ0) is 19.9. The van der Waals surface area contributed by atoms with Crippen molar-refractivity contribution < 1.29 is 33.6 Å². The summed E-state index contributed by atoms with van der Waals surface area (Å²) >= 11 is 0. The van der Waals surface area contributed by atoms with Crippen LogP contribution in [-0.4, -0.2) is 48.6 Å². The highest BCUT2D eigenvalue weighted by Gasteiger charge is 2.51. The van der Waals surface area contributed by atoms with Crippen molar-refractivity contribution in [3.8, 4) is 0 Å². The largest absolute Gasteiger partial charge is 0.467 e. The molecule has 1 heterocycles. The summed E-state index contributed by atoms with van der Waals surface area (Å²) in [6, 6.07) is 18.6. The molecule has 148 valence electrons. The number of esters is 2. The maximum absolute atomic E-state index is 12.4. The molecule has 0 radical (unpaired) electrons. The molecule has 0 amide bonds. The molecule has 0 saturated carbocycles. The molecule has 28 heavy (non-hydrogen) atoms. The van der Waals surface area contributed by atoms with Gasteiger partial charge in [-0.3, -0.25) is 0 Å². The fourth-order valence-electron chi connectivity index (χ4n) is 2.95. The second-order valence-corrected chi connectivity index (χ2v) is 6.35. The van der Waals surface area contributed by atoms with E-state index in [4.69, 9.17) is 14.2 Å². The monoisotopic (exact) mass is 386 g/mol. The van der Waals surface area contributed by atoms with Crippen molar-refractivity contribution in [3.05, 3.63) is 71.8 Å². The van der Waals surface area contributed by atoms with E-state index in [1.807, 2.05) is 60.7 Å². The Hall–Kier alpha value is -2.74. The zero-order valence-electron chi connectivity index (χ0n) is 15.4. The van der Waals surface area contributed by atoms with Gasteiger partial charge >= 0.3 is 11.9 Å². The van der Waals surface area contributed by atoms with E-state index in [0.29, 0.717) is 0 Å². The Labute approximate surface area is 162 Å². The molecule has 1 aliphatic heterocycles. The lowest BCUT2D eigenvalue weighted by Crippen LogP contribution is -2.45. The van der Waals surface area contributed by atoms with Gasteiger partial charge in [0.05, 0.1) is 20.3 Å². The van der Waals surface area contributed by atoms with Crippen molar-refractivity contribution in [1.29, 1.82) is 0 Å². The highest BCUT2D eigenvalue weighted by molar-refractivity contribution is 5.81. The number of aliphatic hydroxyl groups excluding tert-OH is 1. The second kappa shape index (κ2) is 9.45. The molecular weight excluding hydrogens is 364 g/mol. The number of methoxy groups -OCH3 is 1. The second-order valence-electron chi connectivity index (χ2n) is 6.35. The summed E-state index contributed by atoms with van der Waals surface area (Å²) in [5, 5.41) is 10.2. The minimum Gasteiger partial charge on any atom is -0.467 e. The smallest absolute Gasteiger partial charge is 0.338 e. The maximum atomic E-state index is 12.4. The summed E-state index contributed by atoms with van der Waals surface area (Å²) in [7, 11) is 1.14. The van der Waals surface area contributed by atoms with Crippen molar-refractivity contribution in [2.24, 2.45) is 0 Å². The topological polar surface area (TPSA) is 91.3 Å². The molecule has 1 aliphatic rings. The number of benzene rings is 2. The van der Waals surface area contributed by atoms with E-state index in [1.165, 1.54) is 0 Å². The van der Waals surface area contributed by atoms with Gasteiger partial charge in [0.15, 0.2) is 18.3 Å². The summed E-state index contributed by atoms with van der Waals surface area (Å²) in [5.41, 5.74) is 1.74. The minimum atomic E-state index is -1.67. The van der Waals surface area contributed by atoms with Crippen molar-refractivity contribution in [1.82, 2.24) is 0 Å². The van der Waals surface area contributed by atoms with Crippen molar-refractivity contribution in [2.45, 2.75) is 37.6 Å². The van der Waals surface area contributed by atoms with Crippen LogP contribution < -0.4 is 0 Å². The van der Waals surface area contributed by atoms with Crippen LogP contribution in [0.15, 0.2) is 60.7 Å². The molecule has 0 unspecified atom stereocenters. The summed E-state index contributed by atoms with van der Waals surface area (Å²) in [5.74, 6) is -1.60. The molecule has 1 saturated heterocycles. The average molecular weight is 386 g/mol. The van der Waals surface area contributed by atoms with Gasteiger partial charge < -0.3 is 24.1 Å². The van der Waals surface area contributed by atoms with Gasteiger partial charge in [0.1, 0.15) is 6.10 Å². The highest BCUT2D eigenvalue weighted by atomic mass is 16.6. The molecule has 7 nitrogen and oxygen atoms in total. The van der Waals surface area contributed by atoms with Crippen LogP contribution >= 0.6 is 0 Å². The van der Waals surface area contributed by atoms with Crippen molar-refractivity contribution >= 4 is 11.9 Å². The van der Waals surface area contributed by atoms with Crippen molar-refractivity contribution in [2.75, 3.05) is 7.11 Å². The molecule has 0 spiro atoms. The van der Waals surface area contributed by atoms with Crippen LogP contribution in [0.5, 0.6) is 0 Å². The van der Waals surface area contributed by atoms with Gasteiger partial charge in [0, 0.05) is 0 Å². The number of cyclic esters (lactones) is 1. The third-order valence-electron chi connectivity index (χ3n) is 4.42. The molecule has 0 bridgehead atoms. The van der Waals surface area contributed by atoms with E-state index in [9.17, 15) is 14.7 Å². The van der Waals surface area contributed by atoms with Crippen LogP contribution in [0.4, 0.5) is 0 Å². The van der Waals surface area contributed by atoms with Gasteiger partial charge in [-0.25, -0.2) is 9.59 Å². The Morgan fingerprint density at radius 2 is 1.54 bits per heavy atom. The van der Waals surface area contributed by atoms with Crippen LogP contribution in [0.25, 0.3) is 0 Å². The third kappa shape index (κ3) is 4.75. The Morgan fingerprint density at radius 3 is 2.07 bits per heavy atom. The zero-order valence-corrected chi connectivity index (χ0v) is 15.4. The Kier molecular flexibility index (Phi) is 6.76. The third-order valence-corrected chi connectivity index (χ3v) is 4.42. The molecule has 7 heteroatoms. The first-order chi connectivity index (χ1) is 13.6. The van der Waals surface area contributed by atoms with Crippen LogP contribution in [-0.2, 0) is 41.8 Å². The number of hydrogen-bond acceptors (Lipinski definition) is 7. The standard InChI is InChI=1S/C21H22O7/c1-25-20(23)16(22)17-18(26-12-14-8-4-2-5-9-14)19(21(24)28-17)27-13-15-10-6-3-7-11-15/h2-11,16-19,22H,12-13H2,1H3/t16-,17+,18+,19-/m1/s1. The molecule has 0 aliphatic carbocycles. The van der Waals surface area contributed by atoms with Gasteiger partial charge in [-0.2, -0.15) is 0 Å². The lowest BCUT2D eigenvalue weighted by Gasteiger charge is -2.24. The first-order valence-corrected chi connectivity index (χ1v) is 8.87. The Balaban J connectivity index is 1.74. The van der Waals surface area contributed by atoms with E-state index >= 15 is 0 Å². The molecule has 3 rings (SSSR count). The molecule has 1 N–H and O–H groups in total. The first kappa shape index (κ1) is 20.0. The van der Waals surface area contributed by atoms with E-state index in [1.54, 1.807) is 0 Å². The number of carbonyl (C=O) groups excluding carboxylic acids is 2. The SMILES string of the molecule is COC(=O)[C@H](O)[C@@H]1OC(=O)[C@H](OCc2ccccc2)[C@H]1OCc1ccccc1. The summed E-state index contributed by atoms with van der Waals surface area (Å²) in [4.78, 5) is 24.1. The van der Waals surface area contributed by atoms with Gasteiger partial charge in [0.2, 0.25) is 0 Å². The number of hydrogen-bond donors (Lipinski definition) is 1. The molecule has 0 aromatic heterocycles. The van der Waals surface area contributed by atoms with Crippen LogP contribution in [0, 0.1) is 0 Å². The fourth-order valence-corrected chi connectivity index (χ4v) is 2.95. The van der Waals surface area contributed by atoms with Gasteiger partial charge in [-0.1, -0.05) is 60.7 Å². The average Bonchev–Trinajstić information content (AvgIpc) is 3.06. The van der Waals surface area contributed by atoms with Gasteiger partial charge in [-0.05, 0) is 11.1 Å². The quantitative estimate of drug-likeness (QED) is 0.689. The lowest BCUT2D eigenvalue weighted by molar-refractivity contribution is -0.166. The number of ether oxygens (including phenoxy) is 4. The first-order valence-electron chi connectivity index (χ1n) is 8.87. The van der Waals surface area contributed by atoms with E-state index in [0.717, 1.165) is 18.2 Å². The van der Waals surface area contributed by atoms with Crippen LogP contribution in [0.1, 0.15) is 11.1 Å². The van der Waals surface area contributed by atoms with Gasteiger partial charge in [-0.15, -0.1) is 0 Å². The minimum absolute atomic E-state index is 0.160. The van der Waals surface area contributed by atoms with Crippen LogP contribution in [0.3, 0.4) is 0 Å². The highest BCUT2D eigenvalue weighted by Crippen LogP contribution is 2.27. The molecule has 2 aromatic carbocycles. The predicted octanol–water partition coefficient (Wildman–Crippen LogP) is 1.62. The predicted molar refractivity (Wildman–Crippen MR) is 97.9 cm³/mol. The summed E-state index contributed by atoms with van der Waals surface area (Å²) in [6.45, 7) is 0.324. The van der Waals surface area contributed by atoms with E-state index in [2.05, 4.69) is 4.74 Å². The van der Waals surface area contributed by atoms with E-state index in [-0.39, 0.29) is 13.2 Å². The lowest BCUT2D eigenvalue weighted by atomic mass is 10.1. The van der Waals surface area contributed by atoms with Crippen LogP contribution in [0.2, 0.25) is 0 Å². The number of rotatable bonds is 8. The normalized spacial score (nSPS) is 22.5. The number of aliphatic hydroxyl groups is 1. The van der Waals surface area contributed by atoms with Gasteiger partial charge in [0.25, 0.3) is 0 Å². The molecule has 2 aromatic rings. The van der Waals surface area contributed by atoms with E-state index < -0.39 is 36.4 Å². The van der Waals surface area contributed by atoms with Crippen molar-refractivity contribution in [3.63, 3.8) is 0 Å². The maximum Gasteiger partial charge on any atom is 0.338 e. The summed E-state index contributed by atoms with van der Waals surface area (Å²) < 4.78 is 21.4. The Bertz CT molecular complexity index is 778. The number of carbonyl (C=O) groups is 2. The summed E-state index contributed by atoms with van der Waals surface area (Å²) in [6.07, 6.45) is -4.93. The molecule has 4 atom stereocenters.